The largest absolute Gasteiger partial charge is 0.324 e. The molecule has 130 valence electrons. The number of hydrogen-bond acceptors (Lipinski definition) is 4. The molecule has 0 aliphatic heterocycles. The number of nitrogens with zero attached hydrogens (tertiary/aromatic N) is 3. The van der Waals surface area contributed by atoms with Crippen molar-refractivity contribution in [2.45, 2.75) is 19.9 Å². The molecule has 1 N–H and O–H groups in total. The van der Waals surface area contributed by atoms with Gasteiger partial charge in [-0.3, -0.25) is 14.3 Å². The number of aromatic nitrogens is 2. The van der Waals surface area contributed by atoms with Gasteiger partial charge >= 0.3 is 0 Å². The molecule has 2 aromatic carbocycles. The maximum atomic E-state index is 12.6. The molecule has 0 saturated heterocycles. The summed E-state index contributed by atoms with van der Waals surface area (Å²) in [6.45, 7) is 2.67. The zero-order chi connectivity index (χ0) is 18.5. The van der Waals surface area contributed by atoms with Crippen LogP contribution in [0.4, 0.5) is 5.69 Å². The van der Waals surface area contributed by atoms with Gasteiger partial charge in [-0.2, -0.15) is 10.4 Å². The van der Waals surface area contributed by atoms with Gasteiger partial charge in [0, 0.05) is 23.8 Å². The number of Topliss-reactive ketones (excluding diaryl/α,β-unsaturated/α-hetero) is 1. The number of carbonyl (C=O) groups is 2. The van der Waals surface area contributed by atoms with Gasteiger partial charge in [0.25, 0.3) is 0 Å². The lowest BCUT2D eigenvalue weighted by Crippen LogP contribution is -2.28. The molecule has 1 amide bonds. The number of anilines is 1. The van der Waals surface area contributed by atoms with Crippen molar-refractivity contribution in [3.8, 4) is 6.07 Å². The summed E-state index contributed by atoms with van der Waals surface area (Å²) in [6.07, 6.45) is 3.84. The van der Waals surface area contributed by atoms with Crippen LogP contribution in [0.25, 0.3) is 10.8 Å². The van der Waals surface area contributed by atoms with Crippen LogP contribution in [0, 0.1) is 17.2 Å². The van der Waals surface area contributed by atoms with E-state index in [0.717, 1.165) is 17.2 Å². The minimum Gasteiger partial charge on any atom is -0.324 e. The van der Waals surface area contributed by atoms with E-state index in [-0.39, 0.29) is 5.56 Å². The Labute approximate surface area is 151 Å². The first kappa shape index (κ1) is 17.4. The number of fused-ring (bicyclic) bond motifs is 1. The van der Waals surface area contributed by atoms with Crippen molar-refractivity contribution in [3.05, 3.63) is 60.4 Å². The maximum absolute atomic E-state index is 12.6. The van der Waals surface area contributed by atoms with E-state index in [1.807, 2.05) is 49.4 Å². The lowest BCUT2D eigenvalue weighted by Gasteiger charge is -2.11. The average Bonchev–Trinajstić information content (AvgIpc) is 3.11. The SMILES string of the molecule is CCCn1cc(C(=O)[C@H](C#N)C(=O)Nc2cccc3ccccc23)cn1. The highest BCUT2D eigenvalue weighted by atomic mass is 16.2. The predicted octanol–water partition coefficient (Wildman–Crippen LogP) is 3.41. The number of amides is 1. The molecule has 0 saturated carbocycles. The van der Waals surface area contributed by atoms with Gasteiger partial charge in [0.2, 0.25) is 5.91 Å². The first-order valence-corrected chi connectivity index (χ1v) is 8.39. The fourth-order valence-corrected chi connectivity index (χ4v) is 2.78. The lowest BCUT2D eigenvalue weighted by molar-refractivity contribution is -0.117. The van der Waals surface area contributed by atoms with E-state index in [1.54, 1.807) is 16.9 Å². The molecule has 0 spiro atoms. The van der Waals surface area contributed by atoms with Gasteiger partial charge in [-0.25, -0.2) is 0 Å². The van der Waals surface area contributed by atoms with Crippen molar-refractivity contribution in [2.24, 2.45) is 5.92 Å². The number of rotatable bonds is 6. The van der Waals surface area contributed by atoms with E-state index in [4.69, 9.17) is 0 Å². The summed E-state index contributed by atoms with van der Waals surface area (Å²) < 4.78 is 1.63. The second-order valence-electron chi connectivity index (χ2n) is 5.93. The number of aryl methyl sites for hydroxylation is 1. The van der Waals surface area contributed by atoms with E-state index in [0.29, 0.717) is 12.2 Å². The number of benzene rings is 2. The topological polar surface area (TPSA) is 87.8 Å². The van der Waals surface area contributed by atoms with Crippen LogP contribution >= 0.6 is 0 Å². The Morgan fingerprint density at radius 2 is 2.00 bits per heavy atom. The molecule has 0 aliphatic rings. The van der Waals surface area contributed by atoms with Gasteiger partial charge in [0.1, 0.15) is 0 Å². The molecule has 6 heteroatoms. The first-order chi connectivity index (χ1) is 12.6. The van der Waals surface area contributed by atoms with Crippen molar-refractivity contribution in [2.75, 3.05) is 5.32 Å². The number of carbonyl (C=O) groups excluding carboxylic acids is 2. The summed E-state index contributed by atoms with van der Waals surface area (Å²) >= 11 is 0. The molecule has 6 nitrogen and oxygen atoms in total. The second kappa shape index (κ2) is 7.62. The van der Waals surface area contributed by atoms with E-state index >= 15 is 0 Å². The number of nitriles is 1. The van der Waals surface area contributed by atoms with E-state index < -0.39 is 17.6 Å². The molecule has 3 rings (SSSR count). The van der Waals surface area contributed by atoms with Crippen molar-refractivity contribution in [1.29, 1.82) is 5.26 Å². The van der Waals surface area contributed by atoms with Crippen LogP contribution in [-0.2, 0) is 11.3 Å². The maximum Gasteiger partial charge on any atom is 0.249 e. The van der Waals surface area contributed by atoms with Gasteiger partial charge in [-0.05, 0) is 17.9 Å². The smallest absolute Gasteiger partial charge is 0.249 e. The Balaban J connectivity index is 1.82. The summed E-state index contributed by atoms with van der Waals surface area (Å²) in [5, 5.41) is 18.0. The van der Waals surface area contributed by atoms with Crippen LogP contribution in [-0.4, -0.2) is 21.5 Å². The van der Waals surface area contributed by atoms with Gasteiger partial charge in [0.05, 0.1) is 17.8 Å². The third-order valence-corrected chi connectivity index (χ3v) is 4.07. The third-order valence-electron chi connectivity index (χ3n) is 4.07. The zero-order valence-electron chi connectivity index (χ0n) is 14.3. The molecule has 0 radical (unpaired) electrons. The number of hydrogen-bond donors (Lipinski definition) is 1. The number of nitrogens with one attached hydrogen (secondary N) is 1. The summed E-state index contributed by atoms with van der Waals surface area (Å²) in [6, 6.07) is 14.9. The molecular formula is C20H18N4O2. The molecule has 0 bridgehead atoms. The highest BCUT2D eigenvalue weighted by Crippen LogP contribution is 2.23. The van der Waals surface area contributed by atoms with E-state index in [2.05, 4.69) is 10.4 Å². The van der Waals surface area contributed by atoms with Gasteiger partial charge < -0.3 is 5.32 Å². The fourth-order valence-electron chi connectivity index (χ4n) is 2.78. The summed E-state index contributed by atoms with van der Waals surface area (Å²) in [7, 11) is 0. The lowest BCUT2D eigenvalue weighted by atomic mass is 10.00. The Morgan fingerprint density at radius 1 is 1.23 bits per heavy atom. The Bertz CT molecular complexity index is 995. The van der Waals surface area contributed by atoms with Crippen LogP contribution in [0.5, 0.6) is 0 Å². The van der Waals surface area contributed by atoms with Crippen molar-refractivity contribution < 1.29 is 9.59 Å². The van der Waals surface area contributed by atoms with E-state index in [9.17, 15) is 14.9 Å². The van der Waals surface area contributed by atoms with Gasteiger partial charge in [-0.1, -0.05) is 43.3 Å². The third kappa shape index (κ3) is 3.47. The fraction of sp³-hybridized carbons (Fsp3) is 0.200. The molecule has 0 fully saturated rings. The summed E-state index contributed by atoms with van der Waals surface area (Å²) in [5.41, 5.74) is 0.834. The normalized spacial score (nSPS) is 11.7. The van der Waals surface area contributed by atoms with Gasteiger partial charge in [-0.15, -0.1) is 0 Å². The molecule has 26 heavy (non-hydrogen) atoms. The van der Waals surface area contributed by atoms with Crippen LogP contribution in [0.1, 0.15) is 23.7 Å². The Kier molecular flexibility index (Phi) is 5.09. The molecular weight excluding hydrogens is 328 g/mol. The average molecular weight is 346 g/mol. The van der Waals surface area contributed by atoms with Crippen molar-refractivity contribution in [1.82, 2.24) is 9.78 Å². The standard InChI is InChI=1S/C20H18N4O2/c1-2-10-24-13-15(12-22-24)19(25)17(11-21)20(26)23-18-9-5-7-14-6-3-4-8-16(14)18/h3-9,12-13,17H,2,10H2,1H3,(H,23,26)/t17-/m0/s1. The number of ketones is 1. The van der Waals surface area contributed by atoms with Crippen LogP contribution in [0.2, 0.25) is 0 Å². The highest BCUT2D eigenvalue weighted by molar-refractivity contribution is 6.16. The van der Waals surface area contributed by atoms with Crippen molar-refractivity contribution >= 4 is 28.2 Å². The van der Waals surface area contributed by atoms with Crippen LogP contribution < -0.4 is 5.32 Å². The molecule has 3 aromatic rings. The van der Waals surface area contributed by atoms with Crippen LogP contribution in [0.15, 0.2) is 54.9 Å². The van der Waals surface area contributed by atoms with E-state index in [1.165, 1.54) is 6.20 Å². The molecule has 1 heterocycles. The molecule has 0 aliphatic carbocycles. The summed E-state index contributed by atoms with van der Waals surface area (Å²) in [5.74, 6) is -2.61. The highest BCUT2D eigenvalue weighted by Gasteiger charge is 2.28. The quantitative estimate of drug-likeness (QED) is 0.547. The minimum absolute atomic E-state index is 0.262. The van der Waals surface area contributed by atoms with Crippen molar-refractivity contribution in [3.63, 3.8) is 0 Å². The monoisotopic (exact) mass is 346 g/mol. The summed E-state index contributed by atoms with van der Waals surface area (Å²) in [4.78, 5) is 25.1. The predicted molar refractivity (Wildman–Crippen MR) is 98.5 cm³/mol. The Morgan fingerprint density at radius 3 is 2.77 bits per heavy atom. The van der Waals surface area contributed by atoms with Crippen LogP contribution in [0.3, 0.4) is 0 Å². The minimum atomic E-state index is -1.42. The molecule has 0 unspecified atom stereocenters. The van der Waals surface area contributed by atoms with Gasteiger partial charge in [0.15, 0.2) is 11.7 Å². The Hall–Kier alpha value is -3.46. The first-order valence-electron chi connectivity index (χ1n) is 8.39. The molecule has 1 aromatic heterocycles. The molecule has 1 atom stereocenters. The second-order valence-corrected chi connectivity index (χ2v) is 5.93. The zero-order valence-corrected chi connectivity index (χ0v) is 14.3.